The molecule has 2 rings (SSSR count). The highest BCUT2D eigenvalue weighted by Crippen LogP contribution is 2.25. The lowest BCUT2D eigenvalue weighted by Gasteiger charge is -2.08. The van der Waals surface area contributed by atoms with Crippen LogP contribution in [0.1, 0.15) is 17.0 Å². The summed E-state index contributed by atoms with van der Waals surface area (Å²) in [5.41, 5.74) is 1.14. The van der Waals surface area contributed by atoms with Crippen molar-refractivity contribution in [1.29, 1.82) is 5.26 Å². The lowest BCUT2D eigenvalue weighted by Crippen LogP contribution is -2.15. The number of nitriles is 1. The van der Waals surface area contributed by atoms with Crippen LogP contribution in [-0.4, -0.2) is 13.6 Å². The number of rotatable bonds is 4. The summed E-state index contributed by atoms with van der Waals surface area (Å²) in [6.07, 6.45) is 0. The molecule has 0 amide bonds. The zero-order valence-corrected chi connectivity index (χ0v) is 12.8. The fourth-order valence-corrected chi connectivity index (χ4v) is 3.27. The average Bonchev–Trinajstić information content (AvgIpc) is 2.76. The van der Waals surface area contributed by atoms with E-state index >= 15 is 0 Å². The molecule has 0 spiro atoms. The number of hydrogen-bond acceptors (Lipinski definition) is 5. The molecule has 0 aliphatic heterocycles. The van der Waals surface area contributed by atoms with Gasteiger partial charge in [-0.15, -0.1) is 0 Å². The maximum absolute atomic E-state index is 12.0. The summed E-state index contributed by atoms with van der Waals surface area (Å²) < 4.78 is 31.8. The molecule has 0 aliphatic carbocycles. The summed E-state index contributed by atoms with van der Waals surface area (Å²) >= 11 is 3.22. The van der Waals surface area contributed by atoms with Crippen LogP contribution >= 0.6 is 15.9 Å². The monoisotopic (exact) mass is 355 g/mol. The van der Waals surface area contributed by atoms with Gasteiger partial charge in [-0.2, -0.15) is 5.26 Å². The molecule has 0 saturated carbocycles. The molecule has 0 aliphatic rings. The van der Waals surface area contributed by atoms with Gasteiger partial charge in [0.25, 0.3) is 0 Å². The van der Waals surface area contributed by atoms with Gasteiger partial charge in [0, 0.05) is 10.5 Å². The largest absolute Gasteiger partial charge is 0.361 e. The number of nitrogens with one attached hydrogen (secondary N) is 1. The Labute approximate surface area is 124 Å². The Morgan fingerprint density at radius 3 is 2.75 bits per heavy atom. The van der Waals surface area contributed by atoms with Gasteiger partial charge in [-0.3, -0.25) is 4.72 Å². The first-order valence-electron chi connectivity index (χ1n) is 5.52. The third-order valence-corrected chi connectivity index (χ3v) is 4.24. The van der Waals surface area contributed by atoms with Crippen LogP contribution < -0.4 is 4.72 Å². The summed E-state index contributed by atoms with van der Waals surface area (Å²) in [7, 11) is -3.60. The van der Waals surface area contributed by atoms with E-state index in [1.165, 1.54) is 18.2 Å². The van der Waals surface area contributed by atoms with E-state index in [4.69, 9.17) is 9.78 Å². The Kier molecular flexibility index (Phi) is 4.11. The molecule has 104 valence electrons. The van der Waals surface area contributed by atoms with Gasteiger partial charge in [0.15, 0.2) is 0 Å². The smallest absolute Gasteiger partial charge is 0.238 e. The first-order valence-corrected chi connectivity index (χ1v) is 7.96. The minimum Gasteiger partial charge on any atom is -0.361 e. The highest BCUT2D eigenvalue weighted by atomic mass is 79.9. The predicted octanol–water partition coefficient (Wildman–Crippen LogP) is 2.56. The normalized spacial score (nSPS) is 11.1. The number of anilines is 1. The van der Waals surface area contributed by atoms with Crippen LogP contribution in [0.2, 0.25) is 0 Å². The highest BCUT2D eigenvalue weighted by molar-refractivity contribution is 9.10. The number of aromatic nitrogens is 1. The van der Waals surface area contributed by atoms with E-state index in [0.29, 0.717) is 27.2 Å². The molecule has 6 nitrogen and oxygen atoms in total. The van der Waals surface area contributed by atoms with Crippen molar-refractivity contribution in [3.8, 4) is 6.07 Å². The third-order valence-electron chi connectivity index (χ3n) is 2.38. The van der Waals surface area contributed by atoms with Gasteiger partial charge in [0.1, 0.15) is 17.2 Å². The standard InChI is InChI=1S/C12H10BrN3O3S/c1-8-4-10(15-19-8)7-20(17,18)16-12-3-2-9(6-14)5-11(12)13/h2-5,16H,7H2,1H3. The van der Waals surface area contributed by atoms with Crippen molar-refractivity contribution in [2.75, 3.05) is 4.72 Å². The lowest BCUT2D eigenvalue weighted by atomic mass is 10.2. The molecule has 20 heavy (non-hydrogen) atoms. The van der Waals surface area contributed by atoms with E-state index < -0.39 is 10.0 Å². The van der Waals surface area contributed by atoms with Crippen molar-refractivity contribution < 1.29 is 12.9 Å². The quantitative estimate of drug-likeness (QED) is 0.908. The van der Waals surface area contributed by atoms with Gasteiger partial charge in [-0.1, -0.05) is 5.16 Å². The van der Waals surface area contributed by atoms with Gasteiger partial charge >= 0.3 is 0 Å². The molecule has 1 N–H and O–H groups in total. The van der Waals surface area contributed by atoms with E-state index in [1.54, 1.807) is 13.0 Å². The van der Waals surface area contributed by atoms with Crippen LogP contribution in [0.15, 0.2) is 33.3 Å². The van der Waals surface area contributed by atoms with Crippen LogP contribution in [0.4, 0.5) is 5.69 Å². The molecule has 0 atom stereocenters. The van der Waals surface area contributed by atoms with E-state index in [9.17, 15) is 8.42 Å². The number of benzene rings is 1. The van der Waals surface area contributed by atoms with Gasteiger partial charge in [-0.25, -0.2) is 8.42 Å². The topological polar surface area (TPSA) is 96.0 Å². The fourth-order valence-electron chi connectivity index (χ4n) is 1.55. The summed E-state index contributed by atoms with van der Waals surface area (Å²) in [4.78, 5) is 0. The van der Waals surface area contributed by atoms with Crippen molar-refractivity contribution in [2.24, 2.45) is 0 Å². The summed E-state index contributed by atoms with van der Waals surface area (Å²) in [6, 6.07) is 8.13. The van der Waals surface area contributed by atoms with Crippen LogP contribution in [-0.2, 0) is 15.8 Å². The Morgan fingerprint density at radius 2 is 2.20 bits per heavy atom. The van der Waals surface area contributed by atoms with Gasteiger partial charge in [0.05, 0.1) is 17.3 Å². The Bertz CT molecular complexity index is 777. The highest BCUT2D eigenvalue weighted by Gasteiger charge is 2.16. The van der Waals surface area contributed by atoms with Crippen LogP contribution in [0, 0.1) is 18.3 Å². The Hall–Kier alpha value is -1.85. The number of hydrogen-bond donors (Lipinski definition) is 1. The second-order valence-electron chi connectivity index (χ2n) is 4.10. The summed E-state index contributed by atoms with van der Waals surface area (Å²) in [5.74, 6) is 0.270. The molecular weight excluding hydrogens is 346 g/mol. The number of halogens is 1. The van der Waals surface area contributed by atoms with Gasteiger partial charge < -0.3 is 4.52 Å². The van der Waals surface area contributed by atoms with E-state index in [1.807, 2.05) is 6.07 Å². The number of nitrogens with zero attached hydrogens (tertiary/aromatic N) is 2. The van der Waals surface area contributed by atoms with Crippen molar-refractivity contribution in [1.82, 2.24) is 5.16 Å². The van der Waals surface area contributed by atoms with E-state index in [0.717, 1.165) is 0 Å². The first kappa shape index (κ1) is 14.6. The molecule has 0 fully saturated rings. The zero-order chi connectivity index (χ0) is 14.8. The maximum atomic E-state index is 12.0. The molecule has 0 bridgehead atoms. The van der Waals surface area contributed by atoms with E-state index in [-0.39, 0.29) is 5.75 Å². The molecule has 1 aromatic heterocycles. The van der Waals surface area contributed by atoms with Crippen molar-refractivity contribution in [3.63, 3.8) is 0 Å². The molecule has 1 aromatic carbocycles. The second kappa shape index (κ2) is 5.64. The minimum absolute atomic E-state index is 0.281. The molecule has 0 unspecified atom stereocenters. The molecular formula is C12H10BrN3O3S. The zero-order valence-electron chi connectivity index (χ0n) is 10.4. The van der Waals surface area contributed by atoms with E-state index in [2.05, 4.69) is 25.8 Å². The summed E-state index contributed by atoms with van der Waals surface area (Å²) in [5, 5.41) is 12.4. The number of sulfonamides is 1. The number of aryl methyl sites for hydroxylation is 1. The fraction of sp³-hybridized carbons (Fsp3) is 0.167. The molecule has 0 radical (unpaired) electrons. The minimum atomic E-state index is -3.60. The summed E-state index contributed by atoms with van der Waals surface area (Å²) in [6.45, 7) is 1.69. The predicted molar refractivity (Wildman–Crippen MR) is 76.3 cm³/mol. The average molecular weight is 356 g/mol. The van der Waals surface area contributed by atoms with Gasteiger partial charge in [0.2, 0.25) is 10.0 Å². The Balaban J connectivity index is 2.18. The molecule has 0 saturated heterocycles. The van der Waals surface area contributed by atoms with Crippen LogP contribution in [0.5, 0.6) is 0 Å². The maximum Gasteiger partial charge on any atom is 0.238 e. The second-order valence-corrected chi connectivity index (χ2v) is 6.67. The first-order chi connectivity index (χ1) is 9.39. The molecule has 2 aromatic rings. The van der Waals surface area contributed by atoms with Crippen molar-refractivity contribution >= 4 is 31.6 Å². The third kappa shape index (κ3) is 3.59. The van der Waals surface area contributed by atoms with Crippen molar-refractivity contribution in [2.45, 2.75) is 12.7 Å². The molecule has 8 heteroatoms. The van der Waals surface area contributed by atoms with Crippen LogP contribution in [0.3, 0.4) is 0 Å². The lowest BCUT2D eigenvalue weighted by molar-refractivity contribution is 0.392. The Morgan fingerprint density at radius 1 is 1.45 bits per heavy atom. The van der Waals surface area contributed by atoms with Gasteiger partial charge in [-0.05, 0) is 41.1 Å². The SMILES string of the molecule is Cc1cc(CS(=O)(=O)Nc2ccc(C#N)cc2Br)no1. The molecule has 1 heterocycles. The van der Waals surface area contributed by atoms with Crippen molar-refractivity contribution in [3.05, 3.63) is 45.8 Å². The van der Waals surface area contributed by atoms with Crippen LogP contribution in [0.25, 0.3) is 0 Å².